The van der Waals surface area contributed by atoms with Gasteiger partial charge in [0.15, 0.2) is 0 Å². The van der Waals surface area contributed by atoms with Crippen molar-refractivity contribution in [3.05, 3.63) is 113 Å². The first-order valence-electron chi connectivity index (χ1n) is 9.78. The zero-order valence-electron chi connectivity index (χ0n) is 15.1. The highest BCUT2D eigenvalue weighted by molar-refractivity contribution is 5.74. The molecule has 26 heavy (non-hydrogen) atoms. The average molecular weight is 336 g/mol. The van der Waals surface area contributed by atoms with Gasteiger partial charge in [0, 0.05) is 5.41 Å². The Morgan fingerprint density at radius 1 is 0.654 bits per heavy atom. The Kier molecular flexibility index (Phi) is 3.78. The van der Waals surface area contributed by atoms with Gasteiger partial charge in [-0.25, -0.2) is 0 Å². The highest BCUT2D eigenvalue weighted by atomic mass is 14.6. The Labute approximate surface area is 156 Å². The van der Waals surface area contributed by atoms with Crippen LogP contribution < -0.4 is 0 Å². The van der Waals surface area contributed by atoms with E-state index in [2.05, 4.69) is 91.0 Å². The zero-order chi connectivity index (χ0) is 17.4. The molecule has 0 nitrogen and oxygen atoms in total. The molecule has 2 aliphatic rings. The van der Waals surface area contributed by atoms with Crippen LogP contribution in [-0.4, -0.2) is 0 Å². The van der Waals surface area contributed by atoms with E-state index in [1.165, 1.54) is 36.0 Å². The molecule has 0 saturated heterocycles. The third-order valence-corrected chi connectivity index (χ3v) is 6.49. The van der Waals surface area contributed by atoms with Crippen molar-refractivity contribution in [1.29, 1.82) is 0 Å². The minimum Gasteiger partial charge on any atom is -0.0622 e. The Balaban J connectivity index is 1.66. The van der Waals surface area contributed by atoms with Gasteiger partial charge in [0.25, 0.3) is 0 Å². The average Bonchev–Trinajstić information content (AvgIpc) is 2.71. The SMILES string of the molecule is c1ccc(C2=C3CC(c4ccccc4)(c4ccccc4)C3CCC2)cc1. The van der Waals surface area contributed by atoms with Crippen LogP contribution in [0.2, 0.25) is 0 Å². The van der Waals surface area contributed by atoms with Gasteiger partial charge in [-0.3, -0.25) is 0 Å². The molecule has 1 saturated carbocycles. The minimum atomic E-state index is 0.151. The van der Waals surface area contributed by atoms with Crippen molar-refractivity contribution in [2.24, 2.45) is 5.92 Å². The lowest BCUT2D eigenvalue weighted by atomic mass is 9.47. The molecule has 0 N–H and O–H groups in total. The van der Waals surface area contributed by atoms with Crippen molar-refractivity contribution in [1.82, 2.24) is 0 Å². The number of hydrogen-bond acceptors (Lipinski definition) is 0. The summed E-state index contributed by atoms with van der Waals surface area (Å²) in [6.07, 6.45) is 4.99. The van der Waals surface area contributed by atoms with E-state index in [1.54, 1.807) is 11.1 Å². The van der Waals surface area contributed by atoms with Crippen molar-refractivity contribution in [3.63, 3.8) is 0 Å². The summed E-state index contributed by atoms with van der Waals surface area (Å²) < 4.78 is 0. The van der Waals surface area contributed by atoms with E-state index < -0.39 is 0 Å². The number of fused-ring (bicyclic) bond motifs is 1. The normalized spacial score (nSPS) is 21.0. The molecule has 1 unspecified atom stereocenters. The van der Waals surface area contributed by atoms with Gasteiger partial charge in [0.05, 0.1) is 0 Å². The summed E-state index contributed by atoms with van der Waals surface area (Å²) in [5, 5.41) is 0. The Bertz CT molecular complexity index is 880. The molecule has 0 heteroatoms. The third kappa shape index (κ3) is 2.29. The van der Waals surface area contributed by atoms with Gasteiger partial charge < -0.3 is 0 Å². The Morgan fingerprint density at radius 3 is 1.77 bits per heavy atom. The van der Waals surface area contributed by atoms with E-state index in [1.807, 2.05) is 0 Å². The summed E-state index contributed by atoms with van der Waals surface area (Å²) in [4.78, 5) is 0. The van der Waals surface area contributed by atoms with Crippen LogP contribution in [0.3, 0.4) is 0 Å². The summed E-state index contributed by atoms with van der Waals surface area (Å²) in [6.45, 7) is 0. The molecule has 0 aliphatic heterocycles. The van der Waals surface area contributed by atoms with Crippen LogP contribution in [0, 0.1) is 5.92 Å². The largest absolute Gasteiger partial charge is 0.0622 e. The van der Waals surface area contributed by atoms with Crippen LogP contribution in [0.5, 0.6) is 0 Å². The summed E-state index contributed by atoms with van der Waals surface area (Å²) in [5.74, 6) is 0.635. The highest BCUT2D eigenvalue weighted by Crippen LogP contribution is 2.62. The van der Waals surface area contributed by atoms with Crippen molar-refractivity contribution in [2.75, 3.05) is 0 Å². The van der Waals surface area contributed by atoms with Crippen LogP contribution >= 0.6 is 0 Å². The lowest BCUT2D eigenvalue weighted by molar-refractivity contribution is 0.233. The minimum absolute atomic E-state index is 0.151. The molecule has 2 aliphatic carbocycles. The van der Waals surface area contributed by atoms with Crippen LogP contribution in [0.25, 0.3) is 5.57 Å². The number of hydrogen-bond donors (Lipinski definition) is 0. The van der Waals surface area contributed by atoms with Crippen molar-refractivity contribution in [2.45, 2.75) is 31.1 Å². The predicted molar refractivity (Wildman–Crippen MR) is 109 cm³/mol. The van der Waals surface area contributed by atoms with E-state index in [4.69, 9.17) is 0 Å². The zero-order valence-corrected chi connectivity index (χ0v) is 15.1. The van der Waals surface area contributed by atoms with Crippen molar-refractivity contribution < 1.29 is 0 Å². The summed E-state index contributed by atoms with van der Waals surface area (Å²) >= 11 is 0. The second-order valence-corrected chi connectivity index (χ2v) is 7.69. The maximum Gasteiger partial charge on any atom is 0.0305 e. The fourth-order valence-corrected chi connectivity index (χ4v) is 5.31. The quantitative estimate of drug-likeness (QED) is 0.503. The number of rotatable bonds is 3. The molecule has 128 valence electrons. The van der Waals surface area contributed by atoms with Gasteiger partial charge in [0.2, 0.25) is 0 Å². The van der Waals surface area contributed by atoms with Crippen molar-refractivity contribution >= 4 is 5.57 Å². The van der Waals surface area contributed by atoms with Gasteiger partial charge >= 0.3 is 0 Å². The third-order valence-electron chi connectivity index (χ3n) is 6.49. The van der Waals surface area contributed by atoms with Crippen LogP contribution in [0.1, 0.15) is 42.4 Å². The molecule has 0 spiro atoms. The fourth-order valence-electron chi connectivity index (χ4n) is 5.31. The molecule has 3 aromatic carbocycles. The summed E-state index contributed by atoms with van der Waals surface area (Å²) in [7, 11) is 0. The first-order chi connectivity index (χ1) is 12.9. The number of allylic oxidation sites excluding steroid dienone is 2. The molecule has 0 heterocycles. The Hall–Kier alpha value is -2.60. The van der Waals surface area contributed by atoms with Gasteiger partial charge in [-0.15, -0.1) is 0 Å². The molecule has 1 fully saturated rings. The molecule has 3 aromatic rings. The van der Waals surface area contributed by atoms with Gasteiger partial charge in [-0.1, -0.05) is 96.6 Å². The van der Waals surface area contributed by atoms with Crippen LogP contribution in [0.15, 0.2) is 96.6 Å². The van der Waals surface area contributed by atoms with E-state index in [9.17, 15) is 0 Å². The number of benzene rings is 3. The van der Waals surface area contributed by atoms with Crippen molar-refractivity contribution in [3.8, 4) is 0 Å². The fraction of sp³-hybridized carbons (Fsp3) is 0.231. The van der Waals surface area contributed by atoms with Crippen LogP contribution in [-0.2, 0) is 5.41 Å². The molecule has 5 rings (SSSR count). The van der Waals surface area contributed by atoms with Crippen LogP contribution in [0.4, 0.5) is 0 Å². The predicted octanol–water partition coefficient (Wildman–Crippen LogP) is 6.63. The topological polar surface area (TPSA) is 0 Å². The van der Waals surface area contributed by atoms with E-state index in [-0.39, 0.29) is 5.41 Å². The molecular formula is C26H24. The first-order valence-corrected chi connectivity index (χ1v) is 9.78. The van der Waals surface area contributed by atoms with E-state index in [0.717, 1.165) is 6.42 Å². The highest BCUT2D eigenvalue weighted by Gasteiger charge is 2.53. The maximum atomic E-state index is 2.33. The van der Waals surface area contributed by atoms with Gasteiger partial charge in [-0.05, 0) is 53.9 Å². The lowest BCUT2D eigenvalue weighted by Crippen LogP contribution is -2.48. The molecule has 0 radical (unpaired) electrons. The Morgan fingerprint density at radius 2 is 1.19 bits per heavy atom. The smallest absolute Gasteiger partial charge is 0.0305 e. The van der Waals surface area contributed by atoms with E-state index >= 15 is 0 Å². The second-order valence-electron chi connectivity index (χ2n) is 7.69. The molecule has 1 atom stereocenters. The monoisotopic (exact) mass is 336 g/mol. The summed E-state index contributed by atoms with van der Waals surface area (Å²) in [5.41, 5.74) is 7.86. The summed E-state index contributed by atoms with van der Waals surface area (Å²) in [6, 6.07) is 33.4. The van der Waals surface area contributed by atoms with E-state index in [0.29, 0.717) is 5.92 Å². The molecule has 0 amide bonds. The molecule has 0 aromatic heterocycles. The van der Waals surface area contributed by atoms with Gasteiger partial charge in [0.1, 0.15) is 0 Å². The maximum absolute atomic E-state index is 2.33. The molecular weight excluding hydrogens is 312 g/mol. The lowest BCUT2D eigenvalue weighted by Gasteiger charge is -2.55. The standard InChI is InChI=1S/C26H24/c1-4-11-20(12-5-1)23-17-10-18-25-24(23)19-26(25,21-13-6-2-7-14-21)22-15-8-3-9-16-22/h1-9,11-16,25H,10,17-19H2. The molecule has 0 bridgehead atoms. The first kappa shape index (κ1) is 15.6. The van der Waals surface area contributed by atoms with Gasteiger partial charge in [-0.2, -0.15) is 0 Å². The second kappa shape index (κ2) is 6.29.